The van der Waals surface area contributed by atoms with Crippen LogP contribution in [-0.4, -0.2) is 31.6 Å². The number of halogens is 1. The van der Waals surface area contributed by atoms with Crippen LogP contribution in [0.25, 0.3) is 5.69 Å². The van der Waals surface area contributed by atoms with Gasteiger partial charge in [0.25, 0.3) is 0 Å². The number of carbonyl (C=O) groups excluding carboxylic acids is 1. The van der Waals surface area contributed by atoms with Gasteiger partial charge in [0.2, 0.25) is 5.91 Å². The molecule has 4 rings (SSSR count). The van der Waals surface area contributed by atoms with E-state index in [-0.39, 0.29) is 11.7 Å². The minimum absolute atomic E-state index is 0.122. The lowest BCUT2D eigenvalue weighted by atomic mass is 10.3. The molecular weight excluding hydrogens is 450 g/mol. The highest BCUT2D eigenvalue weighted by atomic mass is 35.5. The topological polar surface area (TPSA) is 95.1 Å². The number of aryl methyl sites for hydroxylation is 1. The number of amides is 1. The van der Waals surface area contributed by atoms with E-state index in [1.165, 1.54) is 11.8 Å². The first-order chi connectivity index (χ1) is 15.5. The van der Waals surface area contributed by atoms with E-state index in [2.05, 4.69) is 20.7 Å². The summed E-state index contributed by atoms with van der Waals surface area (Å²) in [6.45, 7) is 3.63. The molecule has 2 aromatic heterocycles. The molecule has 32 heavy (non-hydrogen) atoms. The molecule has 0 spiro atoms. The molecule has 0 aliphatic heterocycles. The Morgan fingerprint density at radius 2 is 1.94 bits per heavy atom. The van der Waals surface area contributed by atoms with Crippen molar-refractivity contribution in [3.8, 4) is 11.4 Å². The molecule has 1 unspecified atom stereocenters. The van der Waals surface area contributed by atoms with E-state index in [0.29, 0.717) is 33.3 Å². The van der Waals surface area contributed by atoms with Crippen LogP contribution in [0.5, 0.6) is 5.75 Å². The molecule has 0 fully saturated rings. The molecule has 2 aromatic carbocycles. The Balaban J connectivity index is 1.55. The standard InChI is InChI=1S/C22H20ClN5O3S/c1-14-12-19(27-31-14)24-20(29)13-32-22-26-25-21(28(22)16-8-4-3-5-9-16)15(2)30-18-11-7-6-10-17(18)23/h3-12,15H,13H2,1-2H3,(H,24,27,29). The number of rotatable bonds is 8. The third-order valence-corrected chi connectivity index (χ3v) is 5.65. The van der Waals surface area contributed by atoms with Gasteiger partial charge in [-0.15, -0.1) is 10.2 Å². The fourth-order valence-electron chi connectivity index (χ4n) is 2.98. The van der Waals surface area contributed by atoms with E-state index < -0.39 is 6.10 Å². The first kappa shape index (κ1) is 21.9. The summed E-state index contributed by atoms with van der Waals surface area (Å²) >= 11 is 7.50. The van der Waals surface area contributed by atoms with Crippen molar-refractivity contribution < 1.29 is 14.1 Å². The summed E-state index contributed by atoms with van der Waals surface area (Å²) in [6, 6.07) is 18.6. The molecule has 1 N–H and O–H groups in total. The van der Waals surface area contributed by atoms with Crippen molar-refractivity contribution in [3.05, 3.63) is 77.3 Å². The van der Waals surface area contributed by atoms with Gasteiger partial charge < -0.3 is 14.6 Å². The Kier molecular flexibility index (Phi) is 6.77. The monoisotopic (exact) mass is 469 g/mol. The summed E-state index contributed by atoms with van der Waals surface area (Å²) < 4.78 is 12.9. The van der Waals surface area contributed by atoms with Crippen molar-refractivity contribution in [2.75, 3.05) is 11.1 Å². The number of hydrogen-bond acceptors (Lipinski definition) is 7. The summed E-state index contributed by atoms with van der Waals surface area (Å²) in [5.74, 6) is 2.03. The van der Waals surface area contributed by atoms with Gasteiger partial charge in [0.15, 0.2) is 22.9 Å². The maximum absolute atomic E-state index is 12.4. The van der Waals surface area contributed by atoms with Crippen molar-refractivity contribution in [3.63, 3.8) is 0 Å². The normalized spacial score (nSPS) is 11.8. The molecule has 8 nitrogen and oxygen atoms in total. The number of benzene rings is 2. The van der Waals surface area contributed by atoms with Crippen LogP contribution in [0.1, 0.15) is 24.6 Å². The second-order valence-corrected chi connectivity index (χ2v) is 8.21. The first-order valence-electron chi connectivity index (χ1n) is 9.79. The predicted octanol–water partition coefficient (Wildman–Crippen LogP) is 5.09. The van der Waals surface area contributed by atoms with E-state index in [1.54, 1.807) is 25.1 Å². The Morgan fingerprint density at radius 1 is 1.19 bits per heavy atom. The Bertz CT molecular complexity index is 1210. The zero-order valence-corrected chi connectivity index (χ0v) is 18.9. The maximum atomic E-state index is 12.4. The Hall–Kier alpha value is -3.30. The van der Waals surface area contributed by atoms with Gasteiger partial charge in [-0.1, -0.05) is 58.9 Å². The highest BCUT2D eigenvalue weighted by Crippen LogP contribution is 2.31. The number of nitrogens with zero attached hydrogens (tertiary/aromatic N) is 4. The van der Waals surface area contributed by atoms with Gasteiger partial charge in [-0.05, 0) is 38.1 Å². The maximum Gasteiger partial charge on any atom is 0.236 e. The largest absolute Gasteiger partial charge is 0.481 e. The SMILES string of the molecule is Cc1cc(NC(=O)CSc2nnc(C(C)Oc3ccccc3Cl)n2-c2ccccc2)no1. The summed E-state index contributed by atoms with van der Waals surface area (Å²) in [6.07, 6.45) is -0.441. The van der Waals surface area contributed by atoms with E-state index in [9.17, 15) is 4.79 Å². The van der Waals surface area contributed by atoms with Gasteiger partial charge in [0, 0.05) is 11.8 Å². The number of para-hydroxylation sites is 2. The molecule has 0 saturated heterocycles. The lowest BCUT2D eigenvalue weighted by molar-refractivity contribution is -0.113. The van der Waals surface area contributed by atoms with Gasteiger partial charge in [0.1, 0.15) is 11.5 Å². The quantitative estimate of drug-likeness (QED) is 0.359. The fourth-order valence-corrected chi connectivity index (χ4v) is 3.91. The first-order valence-corrected chi connectivity index (χ1v) is 11.2. The molecule has 0 aliphatic carbocycles. The minimum Gasteiger partial charge on any atom is -0.481 e. The lowest BCUT2D eigenvalue weighted by Crippen LogP contribution is -2.15. The zero-order chi connectivity index (χ0) is 22.5. The van der Waals surface area contributed by atoms with Gasteiger partial charge in [-0.2, -0.15) is 0 Å². The van der Waals surface area contributed by atoms with Gasteiger partial charge in [0.05, 0.1) is 10.8 Å². The summed E-state index contributed by atoms with van der Waals surface area (Å²) in [5, 5.41) is 16.2. The van der Waals surface area contributed by atoms with Crippen LogP contribution in [0, 0.1) is 6.92 Å². The Morgan fingerprint density at radius 3 is 2.66 bits per heavy atom. The van der Waals surface area contributed by atoms with Gasteiger partial charge >= 0.3 is 0 Å². The second-order valence-electron chi connectivity index (χ2n) is 6.86. The van der Waals surface area contributed by atoms with Crippen molar-refractivity contribution in [1.29, 1.82) is 0 Å². The molecule has 1 atom stereocenters. The average molecular weight is 470 g/mol. The number of nitrogens with one attached hydrogen (secondary N) is 1. The zero-order valence-electron chi connectivity index (χ0n) is 17.4. The van der Waals surface area contributed by atoms with Crippen LogP contribution < -0.4 is 10.1 Å². The number of carbonyl (C=O) groups is 1. The molecule has 0 aliphatic rings. The fraction of sp³-hybridized carbons (Fsp3) is 0.182. The van der Waals surface area contributed by atoms with Gasteiger partial charge in [-0.3, -0.25) is 9.36 Å². The molecular formula is C22H20ClN5O3S. The molecule has 2 heterocycles. The molecule has 164 valence electrons. The van der Waals surface area contributed by atoms with E-state index in [0.717, 1.165) is 5.69 Å². The highest BCUT2D eigenvalue weighted by molar-refractivity contribution is 7.99. The molecule has 0 radical (unpaired) electrons. The number of thioether (sulfide) groups is 1. The number of hydrogen-bond donors (Lipinski definition) is 1. The van der Waals surface area contributed by atoms with Crippen molar-refractivity contribution >= 4 is 35.1 Å². The highest BCUT2D eigenvalue weighted by Gasteiger charge is 2.22. The van der Waals surface area contributed by atoms with Crippen LogP contribution in [-0.2, 0) is 4.79 Å². The summed E-state index contributed by atoms with van der Waals surface area (Å²) in [7, 11) is 0. The van der Waals surface area contributed by atoms with E-state index in [1.807, 2.05) is 54.0 Å². The summed E-state index contributed by atoms with van der Waals surface area (Å²) in [4.78, 5) is 12.4. The van der Waals surface area contributed by atoms with Crippen LogP contribution in [0.15, 0.2) is 70.3 Å². The van der Waals surface area contributed by atoms with Gasteiger partial charge in [-0.25, -0.2) is 0 Å². The van der Waals surface area contributed by atoms with Crippen LogP contribution >= 0.6 is 23.4 Å². The number of anilines is 1. The molecule has 1 amide bonds. The van der Waals surface area contributed by atoms with Crippen LogP contribution in [0.2, 0.25) is 5.02 Å². The third-order valence-electron chi connectivity index (χ3n) is 4.40. The predicted molar refractivity (Wildman–Crippen MR) is 122 cm³/mol. The second kappa shape index (κ2) is 9.88. The molecule has 0 saturated carbocycles. The Labute approximate surface area is 193 Å². The van der Waals surface area contributed by atoms with Crippen molar-refractivity contribution in [1.82, 2.24) is 19.9 Å². The summed E-state index contributed by atoms with van der Waals surface area (Å²) in [5.41, 5.74) is 0.858. The minimum atomic E-state index is -0.441. The van der Waals surface area contributed by atoms with E-state index >= 15 is 0 Å². The van der Waals surface area contributed by atoms with Crippen LogP contribution in [0.3, 0.4) is 0 Å². The smallest absolute Gasteiger partial charge is 0.236 e. The molecule has 10 heteroatoms. The number of ether oxygens (including phenoxy) is 1. The molecule has 0 bridgehead atoms. The van der Waals surface area contributed by atoms with Crippen molar-refractivity contribution in [2.45, 2.75) is 25.1 Å². The lowest BCUT2D eigenvalue weighted by Gasteiger charge is -2.17. The van der Waals surface area contributed by atoms with Crippen LogP contribution in [0.4, 0.5) is 5.82 Å². The number of aromatic nitrogens is 4. The van der Waals surface area contributed by atoms with E-state index in [4.69, 9.17) is 20.9 Å². The third kappa shape index (κ3) is 5.12. The molecule has 4 aromatic rings. The average Bonchev–Trinajstić information content (AvgIpc) is 3.40. The van der Waals surface area contributed by atoms with Crippen molar-refractivity contribution in [2.24, 2.45) is 0 Å².